The maximum absolute atomic E-state index is 10.8. The van der Waals surface area contributed by atoms with Gasteiger partial charge in [-0.15, -0.1) is 0 Å². The minimum atomic E-state index is -0.235. The number of allylic oxidation sites excluding steroid dienone is 4. The normalized spacial score (nSPS) is 25.8. The van der Waals surface area contributed by atoms with Gasteiger partial charge in [0.05, 0.1) is 4.92 Å². The Morgan fingerprint density at radius 3 is 2.94 bits per heavy atom. The zero-order chi connectivity index (χ0) is 12.0. The van der Waals surface area contributed by atoms with Gasteiger partial charge in [-0.2, -0.15) is 0 Å². The third-order valence-electron chi connectivity index (χ3n) is 3.27. The van der Waals surface area contributed by atoms with Crippen molar-refractivity contribution in [2.75, 3.05) is 0 Å². The number of hydrogen-bond acceptors (Lipinski definition) is 2. The highest BCUT2D eigenvalue weighted by Gasteiger charge is 2.17. The first-order valence-corrected chi connectivity index (χ1v) is 6.15. The summed E-state index contributed by atoms with van der Waals surface area (Å²) in [7, 11) is 0. The average molecular weight is 223 g/mol. The van der Waals surface area contributed by atoms with E-state index < -0.39 is 0 Å². The summed E-state index contributed by atoms with van der Waals surface area (Å²) in [5, 5.41) is 10.8. The Bertz CT molecular complexity index is 294. The molecule has 0 heterocycles. The van der Waals surface area contributed by atoms with Crippen LogP contribution in [0.3, 0.4) is 0 Å². The van der Waals surface area contributed by atoms with Gasteiger partial charge in [0.2, 0.25) is 5.70 Å². The van der Waals surface area contributed by atoms with E-state index in [1.165, 1.54) is 6.42 Å². The SMILES string of the molecule is CCC/C(=C/C[C@@H]1C=CCC[C@H]1C)[N+](=O)[O-]. The summed E-state index contributed by atoms with van der Waals surface area (Å²) in [6.07, 6.45) is 10.8. The lowest BCUT2D eigenvalue weighted by Gasteiger charge is -2.22. The number of hydrogen-bond donors (Lipinski definition) is 0. The lowest BCUT2D eigenvalue weighted by Crippen LogP contribution is -2.12. The molecule has 0 unspecified atom stereocenters. The Hall–Kier alpha value is -1.12. The highest BCUT2D eigenvalue weighted by atomic mass is 16.6. The summed E-state index contributed by atoms with van der Waals surface area (Å²) in [6.45, 7) is 4.20. The van der Waals surface area contributed by atoms with E-state index in [2.05, 4.69) is 19.1 Å². The zero-order valence-electron chi connectivity index (χ0n) is 10.2. The van der Waals surface area contributed by atoms with Gasteiger partial charge in [-0.25, -0.2) is 0 Å². The summed E-state index contributed by atoms with van der Waals surface area (Å²) in [5.74, 6) is 1.14. The molecule has 0 radical (unpaired) electrons. The molecule has 0 aromatic heterocycles. The van der Waals surface area contributed by atoms with Gasteiger partial charge in [0.15, 0.2) is 0 Å². The van der Waals surface area contributed by atoms with Gasteiger partial charge in [-0.1, -0.05) is 26.0 Å². The zero-order valence-corrected chi connectivity index (χ0v) is 10.2. The van der Waals surface area contributed by atoms with Crippen molar-refractivity contribution in [3.8, 4) is 0 Å². The van der Waals surface area contributed by atoms with E-state index in [9.17, 15) is 10.1 Å². The number of rotatable bonds is 5. The Morgan fingerprint density at radius 1 is 1.62 bits per heavy atom. The van der Waals surface area contributed by atoms with Crippen LogP contribution in [-0.2, 0) is 0 Å². The van der Waals surface area contributed by atoms with Crippen molar-refractivity contribution < 1.29 is 4.92 Å². The fraction of sp³-hybridized carbons (Fsp3) is 0.692. The molecule has 90 valence electrons. The summed E-state index contributed by atoms with van der Waals surface area (Å²) < 4.78 is 0. The van der Waals surface area contributed by atoms with Crippen LogP contribution in [0.4, 0.5) is 0 Å². The molecular formula is C13H21NO2. The fourth-order valence-electron chi connectivity index (χ4n) is 2.14. The standard InChI is InChI=1S/C13H21NO2/c1-3-6-13(14(15)16)10-9-12-8-5-4-7-11(12)2/h5,8,10-12H,3-4,6-7,9H2,1-2H3/b13-10-/t11-,12+/m1/s1. The molecule has 3 heteroatoms. The van der Waals surface area contributed by atoms with Crippen LogP contribution in [-0.4, -0.2) is 4.92 Å². The summed E-state index contributed by atoms with van der Waals surface area (Å²) in [4.78, 5) is 10.5. The number of nitrogens with zero attached hydrogens (tertiary/aromatic N) is 1. The molecular weight excluding hydrogens is 202 g/mol. The van der Waals surface area contributed by atoms with Gasteiger partial charge in [0, 0.05) is 6.42 Å². The fourth-order valence-corrected chi connectivity index (χ4v) is 2.14. The number of nitro groups is 1. The molecule has 0 fully saturated rings. The molecule has 0 saturated carbocycles. The van der Waals surface area contributed by atoms with Crippen LogP contribution in [0, 0.1) is 22.0 Å². The lowest BCUT2D eigenvalue weighted by molar-refractivity contribution is -0.428. The first kappa shape index (κ1) is 12.9. The quantitative estimate of drug-likeness (QED) is 0.402. The third kappa shape index (κ3) is 3.80. The Kier molecular flexibility index (Phi) is 5.23. The van der Waals surface area contributed by atoms with Gasteiger partial charge in [-0.05, 0) is 43.6 Å². The van der Waals surface area contributed by atoms with Crippen LogP contribution in [0.5, 0.6) is 0 Å². The summed E-state index contributed by atoms with van der Waals surface area (Å²) in [6, 6.07) is 0. The van der Waals surface area contributed by atoms with E-state index in [0.717, 1.165) is 19.3 Å². The molecule has 0 aliphatic heterocycles. The molecule has 0 spiro atoms. The molecule has 3 nitrogen and oxygen atoms in total. The van der Waals surface area contributed by atoms with Gasteiger partial charge >= 0.3 is 0 Å². The molecule has 0 amide bonds. The van der Waals surface area contributed by atoms with Gasteiger partial charge in [0.1, 0.15) is 0 Å². The lowest BCUT2D eigenvalue weighted by atomic mass is 9.83. The van der Waals surface area contributed by atoms with Gasteiger partial charge in [-0.3, -0.25) is 10.1 Å². The average Bonchev–Trinajstić information content (AvgIpc) is 2.26. The van der Waals surface area contributed by atoms with Crippen LogP contribution in [0.1, 0.15) is 46.0 Å². The predicted octanol–water partition coefficient (Wildman–Crippen LogP) is 3.94. The second-order valence-corrected chi connectivity index (χ2v) is 4.58. The van der Waals surface area contributed by atoms with E-state index in [-0.39, 0.29) is 4.92 Å². The Morgan fingerprint density at radius 2 is 2.38 bits per heavy atom. The van der Waals surface area contributed by atoms with E-state index in [1.807, 2.05) is 13.0 Å². The smallest absolute Gasteiger partial charge is 0.242 e. The molecule has 2 atom stereocenters. The predicted molar refractivity (Wildman–Crippen MR) is 65.6 cm³/mol. The van der Waals surface area contributed by atoms with Crippen molar-refractivity contribution in [2.45, 2.75) is 46.0 Å². The third-order valence-corrected chi connectivity index (χ3v) is 3.27. The van der Waals surface area contributed by atoms with Crippen molar-refractivity contribution in [1.82, 2.24) is 0 Å². The molecule has 16 heavy (non-hydrogen) atoms. The summed E-state index contributed by atoms with van der Waals surface area (Å²) in [5.41, 5.74) is 0.383. The van der Waals surface area contributed by atoms with Crippen LogP contribution in [0.25, 0.3) is 0 Å². The largest absolute Gasteiger partial charge is 0.259 e. The van der Waals surface area contributed by atoms with Crippen LogP contribution in [0.2, 0.25) is 0 Å². The van der Waals surface area contributed by atoms with Crippen LogP contribution < -0.4 is 0 Å². The first-order valence-electron chi connectivity index (χ1n) is 6.15. The minimum absolute atomic E-state index is 0.235. The van der Waals surface area contributed by atoms with Gasteiger partial charge < -0.3 is 0 Å². The van der Waals surface area contributed by atoms with Gasteiger partial charge in [0.25, 0.3) is 0 Å². The van der Waals surface area contributed by atoms with Crippen LogP contribution in [0.15, 0.2) is 23.9 Å². The summed E-state index contributed by atoms with van der Waals surface area (Å²) >= 11 is 0. The van der Waals surface area contributed by atoms with E-state index in [4.69, 9.17) is 0 Å². The highest BCUT2D eigenvalue weighted by Crippen LogP contribution is 2.27. The van der Waals surface area contributed by atoms with Crippen molar-refractivity contribution in [3.05, 3.63) is 34.0 Å². The van der Waals surface area contributed by atoms with E-state index in [1.54, 1.807) is 0 Å². The van der Waals surface area contributed by atoms with Crippen molar-refractivity contribution in [3.63, 3.8) is 0 Å². The molecule has 0 N–H and O–H groups in total. The molecule has 1 rings (SSSR count). The molecule has 0 saturated heterocycles. The molecule has 1 aliphatic rings. The monoisotopic (exact) mass is 223 g/mol. The van der Waals surface area contributed by atoms with E-state index >= 15 is 0 Å². The second kappa shape index (κ2) is 6.46. The molecule has 0 aromatic rings. The molecule has 0 bridgehead atoms. The van der Waals surface area contributed by atoms with Crippen molar-refractivity contribution >= 4 is 0 Å². The maximum atomic E-state index is 10.8. The highest BCUT2D eigenvalue weighted by molar-refractivity contribution is 5.01. The van der Waals surface area contributed by atoms with Crippen molar-refractivity contribution in [1.29, 1.82) is 0 Å². The molecule has 1 aliphatic carbocycles. The minimum Gasteiger partial charge on any atom is -0.259 e. The first-order chi connectivity index (χ1) is 7.65. The van der Waals surface area contributed by atoms with Crippen LogP contribution >= 0.6 is 0 Å². The van der Waals surface area contributed by atoms with Crippen molar-refractivity contribution in [2.24, 2.45) is 11.8 Å². The topological polar surface area (TPSA) is 43.1 Å². The maximum Gasteiger partial charge on any atom is 0.242 e. The van der Waals surface area contributed by atoms with E-state index in [0.29, 0.717) is 24.0 Å². The Balaban J connectivity index is 2.57. The Labute approximate surface area is 97.4 Å². The second-order valence-electron chi connectivity index (χ2n) is 4.58. The molecule has 0 aromatic carbocycles.